The second kappa shape index (κ2) is 9.83. The van der Waals surface area contributed by atoms with Crippen LogP contribution in [-0.2, 0) is 6.42 Å². The summed E-state index contributed by atoms with van der Waals surface area (Å²) >= 11 is 5.84. The van der Waals surface area contributed by atoms with Crippen molar-refractivity contribution >= 4 is 28.6 Å². The summed E-state index contributed by atoms with van der Waals surface area (Å²) in [5, 5.41) is 18.7. The number of rotatable bonds is 6. The van der Waals surface area contributed by atoms with Gasteiger partial charge in [-0.1, -0.05) is 60.6 Å². The molecule has 1 unspecified atom stereocenters. The lowest BCUT2D eigenvalue weighted by atomic mass is 9.94. The van der Waals surface area contributed by atoms with Gasteiger partial charge in [-0.15, -0.1) is 0 Å². The Labute approximate surface area is 215 Å². The Morgan fingerprint density at radius 3 is 2.61 bits per heavy atom. The van der Waals surface area contributed by atoms with Gasteiger partial charge in [0.2, 0.25) is 5.82 Å². The Morgan fingerprint density at radius 2 is 1.89 bits per heavy atom. The highest BCUT2D eigenvalue weighted by molar-refractivity contribution is 7.80. The molecule has 3 aromatic carbocycles. The lowest BCUT2D eigenvalue weighted by Crippen LogP contribution is -2.46. The van der Waals surface area contributed by atoms with Crippen molar-refractivity contribution in [2.45, 2.75) is 26.3 Å². The molecule has 0 aliphatic carbocycles. The third-order valence-electron chi connectivity index (χ3n) is 6.29. The predicted octanol–water partition coefficient (Wildman–Crippen LogP) is 5.88. The van der Waals surface area contributed by atoms with Crippen LogP contribution in [0, 0.1) is 0 Å². The van der Waals surface area contributed by atoms with Crippen LogP contribution in [0.2, 0.25) is 0 Å². The molecule has 36 heavy (non-hydrogen) atoms. The summed E-state index contributed by atoms with van der Waals surface area (Å²) < 4.78 is 11.0. The maximum atomic E-state index is 10.5. The van der Waals surface area contributed by atoms with Crippen LogP contribution in [0.5, 0.6) is 11.5 Å². The maximum absolute atomic E-state index is 10.5. The van der Waals surface area contributed by atoms with Gasteiger partial charge < -0.3 is 19.7 Å². The fourth-order valence-electron chi connectivity index (χ4n) is 4.42. The van der Waals surface area contributed by atoms with E-state index in [4.69, 9.17) is 26.5 Å². The summed E-state index contributed by atoms with van der Waals surface area (Å²) in [6, 6.07) is 22.8. The minimum absolute atomic E-state index is 0.0355. The van der Waals surface area contributed by atoms with Gasteiger partial charge in [-0.25, -0.2) is 0 Å². The molecule has 7 nitrogen and oxygen atoms in total. The average Bonchev–Trinajstić information content (AvgIpc) is 3.39. The Morgan fingerprint density at radius 1 is 1.08 bits per heavy atom. The number of benzene rings is 3. The van der Waals surface area contributed by atoms with Gasteiger partial charge in [-0.2, -0.15) is 4.98 Å². The van der Waals surface area contributed by atoms with E-state index in [1.54, 1.807) is 12.1 Å². The largest absolute Gasteiger partial charge is 0.504 e. The summed E-state index contributed by atoms with van der Waals surface area (Å²) in [7, 11) is 1.52. The maximum Gasteiger partial charge on any atom is 0.258 e. The predicted molar refractivity (Wildman–Crippen MR) is 144 cm³/mol. The van der Waals surface area contributed by atoms with Crippen molar-refractivity contribution in [1.29, 1.82) is 0 Å². The molecule has 0 saturated carbocycles. The van der Waals surface area contributed by atoms with E-state index in [0.717, 1.165) is 34.5 Å². The van der Waals surface area contributed by atoms with Crippen LogP contribution in [0.4, 0.5) is 5.69 Å². The van der Waals surface area contributed by atoms with Gasteiger partial charge >= 0.3 is 0 Å². The number of methoxy groups -OCH3 is 1. The minimum Gasteiger partial charge on any atom is -0.504 e. The van der Waals surface area contributed by atoms with Crippen molar-refractivity contribution < 1.29 is 14.4 Å². The summed E-state index contributed by atoms with van der Waals surface area (Å²) in [6.45, 7) is 4.11. The smallest absolute Gasteiger partial charge is 0.258 e. The molecule has 0 fully saturated rings. The number of anilines is 1. The first-order chi connectivity index (χ1) is 17.5. The molecule has 2 heterocycles. The van der Waals surface area contributed by atoms with E-state index in [1.807, 2.05) is 60.4 Å². The van der Waals surface area contributed by atoms with E-state index in [-0.39, 0.29) is 5.75 Å². The molecule has 0 radical (unpaired) electrons. The molecule has 1 aromatic heterocycles. The van der Waals surface area contributed by atoms with Crippen LogP contribution in [0.15, 0.2) is 83.0 Å². The van der Waals surface area contributed by atoms with E-state index in [0.29, 0.717) is 22.6 Å². The molecule has 1 atom stereocenters. The van der Waals surface area contributed by atoms with Crippen molar-refractivity contribution in [2.75, 3.05) is 12.0 Å². The summed E-state index contributed by atoms with van der Waals surface area (Å²) in [5.41, 5.74) is 5.42. The van der Waals surface area contributed by atoms with Crippen LogP contribution >= 0.6 is 12.2 Å². The SMILES string of the molecule is CCc1cccc(N2C(=S)NC(c3ccc(OC)c(O)c3)C(c3nc(-c4ccccc4)no3)=C2C)c1. The first-order valence-corrected chi connectivity index (χ1v) is 12.1. The highest BCUT2D eigenvalue weighted by Crippen LogP contribution is 2.41. The van der Waals surface area contributed by atoms with Gasteiger partial charge in [0.1, 0.15) is 0 Å². The fraction of sp³-hybridized carbons (Fsp3) is 0.179. The number of aromatic hydroxyl groups is 1. The first kappa shape index (κ1) is 23.6. The Kier molecular flexibility index (Phi) is 6.43. The van der Waals surface area contributed by atoms with Crippen LogP contribution < -0.4 is 15.0 Å². The molecular formula is C28H26N4O3S. The highest BCUT2D eigenvalue weighted by Gasteiger charge is 2.35. The molecule has 2 N–H and O–H groups in total. The Hall–Kier alpha value is -4.17. The van der Waals surface area contributed by atoms with Crippen molar-refractivity contribution in [2.24, 2.45) is 0 Å². The zero-order chi connectivity index (χ0) is 25.2. The van der Waals surface area contributed by atoms with Gasteiger partial charge in [0, 0.05) is 16.9 Å². The van der Waals surface area contributed by atoms with Gasteiger partial charge in [0.25, 0.3) is 5.89 Å². The van der Waals surface area contributed by atoms with Crippen molar-refractivity contribution in [3.05, 3.63) is 95.5 Å². The number of allylic oxidation sites excluding steroid dienone is 1. The molecule has 1 aliphatic heterocycles. The van der Waals surface area contributed by atoms with Crippen molar-refractivity contribution in [1.82, 2.24) is 15.5 Å². The number of nitrogens with one attached hydrogen (secondary N) is 1. The summed E-state index contributed by atoms with van der Waals surface area (Å²) in [4.78, 5) is 6.72. The minimum atomic E-state index is -0.427. The molecule has 5 rings (SSSR count). The van der Waals surface area contributed by atoms with Crippen molar-refractivity contribution in [3.63, 3.8) is 0 Å². The van der Waals surface area contributed by atoms with Gasteiger partial charge in [-0.3, -0.25) is 4.90 Å². The van der Waals surface area contributed by atoms with Crippen LogP contribution in [0.25, 0.3) is 17.0 Å². The topological polar surface area (TPSA) is 83.7 Å². The molecule has 0 amide bonds. The monoisotopic (exact) mass is 498 g/mol. The quantitative estimate of drug-likeness (QED) is 0.319. The van der Waals surface area contributed by atoms with Crippen molar-refractivity contribution in [3.8, 4) is 22.9 Å². The van der Waals surface area contributed by atoms with Gasteiger partial charge in [0.15, 0.2) is 16.6 Å². The molecule has 0 saturated heterocycles. The van der Waals surface area contributed by atoms with Gasteiger partial charge in [-0.05, 0) is 61.0 Å². The number of ether oxygens (including phenoxy) is 1. The molecule has 0 bridgehead atoms. The summed E-state index contributed by atoms with van der Waals surface area (Å²) in [5.74, 6) is 1.29. The molecular weight excluding hydrogens is 472 g/mol. The van der Waals surface area contributed by atoms with E-state index < -0.39 is 6.04 Å². The zero-order valence-corrected chi connectivity index (χ0v) is 21.0. The number of hydrogen-bond donors (Lipinski definition) is 2. The molecule has 8 heteroatoms. The van der Waals surface area contributed by atoms with Crippen LogP contribution in [-0.4, -0.2) is 27.5 Å². The second-order valence-corrected chi connectivity index (χ2v) is 8.85. The molecule has 4 aromatic rings. The number of nitrogens with zero attached hydrogens (tertiary/aromatic N) is 3. The number of aromatic nitrogens is 2. The standard InChI is InChI=1S/C28H26N4O3S/c1-4-18-9-8-12-21(15-18)32-17(2)24(27-30-26(31-35-27)19-10-6-5-7-11-19)25(29-28(32)36)20-13-14-23(34-3)22(33)16-20/h5-16,25,33H,4H2,1-3H3,(H,29,36). The highest BCUT2D eigenvalue weighted by atomic mass is 32.1. The fourth-order valence-corrected chi connectivity index (χ4v) is 4.78. The van der Waals surface area contributed by atoms with E-state index in [2.05, 4.69) is 29.5 Å². The van der Waals surface area contributed by atoms with Crippen LogP contribution in [0.3, 0.4) is 0 Å². The van der Waals surface area contributed by atoms with E-state index in [1.165, 1.54) is 12.7 Å². The zero-order valence-electron chi connectivity index (χ0n) is 20.2. The summed E-state index contributed by atoms with van der Waals surface area (Å²) in [6.07, 6.45) is 0.912. The second-order valence-electron chi connectivity index (χ2n) is 8.46. The lowest BCUT2D eigenvalue weighted by molar-refractivity contribution is 0.372. The third-order valence-corrected chi connectivity index (χ3v) is 6.59. The Balaban J connectivity index is 1.66. The number of hydrogen-bond acceptors (Lipinski definition) is 6. The number of phenols is 1. The van der Waals surface area contributed by atoms with Crippen LogP contribution in [0.1, 0.15) is 36.9 Å². The van der Waals surface area contributed by atoms with E-state index in [9.17, 15) is 5.11 Å². The normalized spacial score (nSPS) is 15.7. The third kappa shape index (κ3) is 4.31. The Bertz CT molecular complexity index is 1450. The number of phenolic OH excluding ortho intramolecular Hbond substituents is 1. The van der Waals surface area contributed by atoms with Gasteiger partial charge in [0.05, 0.1) is 18.7 Å². The van der Waals surface area contributed by atoms with E-state index >= 15 is 0 Å². The lowest BCUT2D eigenvalue weighted by Gasteiger charge is -2.37. The molecule has 182 valence electrons. The average molecular weight is 499 g/mol. The molecule has 1 aliphatic rings. The number of aryl methyl sites for hydroxylation is 1. The number of thiocarbonyl (C=S) groups is 1. The molecule has 0 spiro atoms. The first-order valence-electron chi connectivity index (χ1n) is 11.7.